The van der Waals surface area contributed by atoms with E-state index < -0.39 is 0 Å². The molecule has 0 saturated carbocycles. The molecule has 0 saturated heterocycles. The van der Waals surface area contributed by atoms with Crippen LogP contribution in [0.15, 0.2) is 18.3 Å². The normalized spacial score (nSPS) is 11.2. The van der Waals surface area contributed by atoms with Crippen LogP contribution >= 0.6 is 11.8 Å². The van der Waals surface area contributed by atoms with Crippen molar-refractivity contribution in [1.29, 1.82) is 0 Å². The fourth-order valence-electron chi connectivity index (χ4n) is 2.13. The molecule has 1 rings (SSSR count). The Bertz CT molecular complexity index is 439. The highest BCUT2D eigenvalue weighted by Crippen LogP contribution is 2.29. The van der Waals surface area contributed by atoms with Crippen molar-refractivity contribution in [2.75, 3.05) is 24.7 Å². The molecule has 1 heterocycles. The summed E-state index contributed by atoms with van der Waals surface area (Å²) in [6, 6.07) is 3.69. The van der Waals surface area contributed by atoms with E-state index in [2.05, 4.69) is 42.6 Å². The molecule has 0 fully saturated rings. The van der Waals surface area contributed by atoms with Crippen molar-refractivity contribution in [3.05, 3.63) is 24.0 Å². The Balaban J connectivity index is 2.67. The van der Waals surface area contributed by atoms with Crippen LogP contribution in [0.3, 0.4) is 0 Å². The second-order valence-corrected chi connectivity index (χ2v) is 6.41. The fourth-order valence-corrected chi connectivity index (χ4v) is 2.92. The van der Waals surface area contributed by atoms with Gasteiger partial charge in [0.15, 0.2) is 0 Å². The van der Waals surface area contributed by atoms with Crippen LogP contribution in [0.1, 0.15) is 50.5 Å². The number of anilines is 1. The van der Waals surface area contributed by atoms with Crippen molar-refractivity contribution in [2.45, 2.75) is 44.8 Å². The Hall–Kier alpha value is -1.23. The van der Waals surface area contributed by atoms with Gasteiger partial charge in [-0.1, -0.05) is 20.8 Å². The SMILES string of the molecule is CCCNc1ccnc(C(=O)NCC(CC)(CC)SC)c1. The zero-order chi connectivity index (χ0) is 15.7. The highest BCUT2D eigenvalue weighted by molar-refractivity contribution is 8.00. The minimum Gasteiger partial charge on any atom is -0.385 e. The third-order valence-electron chi connectivity index (χ3n) is 3.86. The van der Waals surface area contributed by atoms with Crippen LogP contribution in [0.2, 0.25) is 0 Å². The summed E-state index contributed by atoms with van der Waals surface area (Å²) in [5, 5.41) is 6.30. The number of pyridine rings is 1. The summed E-state index contributed by atoms with van der Waals surface area (Å²) in [5.41, 5.74) is 1.41. The van der Waals surface area contributed by atoms with E-state index in [9.17, 15) is 4.79 Å². The van der Waals surface area contributed by atoms with E-state index in [-0.39, 0.29) is 10.7 Å². The number of carbonyl (C=O) groups excluding carboxylic acids is 1. The largest absolute Gasteiger partial charge is 0.385 e. The Morgan fingerprint density at radius 1 is 1.33 bits per heavy atom. The van der Waals surface area contributed by atoms with E-state index in [1.165, 1.54) is 0 Å². The molecule has 4 nitrogen and oxygen atoms in total. The lowest BCUT2D eigenvalue weighted by Crippen LogP contribution is -2.39. The summed E-state index contributed by atoms with van der Waals surface area (Å²) in [6.07, 6.45) is 6.90. The van der Waals surface area contributed by atoms with Crippen LogP contribution in [-0.2, 0) is 0 Å². The maximum Gasteiger partial charge on any atom is 0.270 e. The maximum atomic E-state index is 12.3. The number of carbonyl (C=O) groups is 1. The number of hydrogen-bond donors (Lipinski definition) is 2. The van der Waals surface area contributed by atoms with Crippen molar-refractivity contribution in [2.24, 2.45) is 0 Å². The first-order valence-corrected chi connectivity index (χ1v) is 8.86. The molecule has 0 radical (unpaired) electrons. The first-order chi connectivity index (χ1) is 10.1. The number of rotatable bonds is 9. The maximum absolute atomic E-state index is 12.3. The summed E-state index contributed by atoms with van der Waals surface area (Å²) >= 11 is 1.82. The number of nitrogens with one attached hydrogen (secondary N) is 2. The molecule has 0 aliphatic heterocycles. The first kappa shape index (κ1) is 17.8. The second kappa shape index (κ2) is 8.93. The van der Waals surface area contributed by atoms with Crippen LogP contribution < -0.4 is 10.6 Å². The summed E-state index contributed by atoms with van der Waals surface area (Å²) in [6.45, 7) is 8.01. The molecule has 0 aliphatic rings. The molecule has 0 unspecified atom stereocenters. The molecular formula is C16H27N3OS. The highest BCUT2D eigenvalue weighted by atomic mass is 32.2. The summed E-state index contributed by atoms with van der Waals surface area (Å²) < 4.78 is 0.119. The average Bonchev–Trinajstić information content (AvgIpc) is 2.54. The topological polar surface area (TPSA) is 54.0 Å². The third kappa shape index (κ3) is 5.23. The number of nitrogens with zero attached hydrogens (tertiary/aromatic N) is 1. The van der Waals surface area contributed by atoms with Crippen molar-refractivity contribution < 1.29 is 4.79 Å². The van der Waals surface area contributed by atoms with Gasteiger partial charge in [-0.2, -0.15) is 11.8 Å². The molecular weight excluding hydrogens is 282 g/mol. The predicted octanol–water partition coefficient (Wildman–Crippen LogP) is 3.56. The summed E-state index contributed by atoms with van der Waals surface area (Å²) in [7, 11) is 0. The Kier molecular flexibility index (Phi) is 7.57. The van der Waals surface area contributed by atoms with Crippen LogP contribution in [0, 0.1) is 0 Å². The van der Waals surface area contributed by atoms with E-state index in [1.807, 2.05) is 23.9 Å². The third-order valence-corrected chi connectivity index (χ3v) is 5.45. The molecule has 1 amide bonds. The van der Waals surface area contributed by atoms with E-state index in [4.69, 9.17) is 0 Å². The Morgan fingerprint density at radius 2 is 2.05 bits per heavy atom. The molecule has 0 bridgehead atoms. The van der Waals surface area contributed by atoms with Crippen LogP contribution in [-0.4, -0.2) is 35.0 Å². The van der Waals surface area contributed by atoms with Gasteiger partial charge < -0.3 is 10.6 Å². The Labute approximate surface area is 132 Å². The molecule has 21 heavy (non-hydrogen) atoms. The van der Waals surface area contributed by atoms with Gasteiger partial charge >= 0.3 is 0 Å². The molecule has 0 spiro atoms. The lowest BCUT2D eigenvalue weighted by Gasteiger charge is -2.29. The van der Waals surface area contributed by atoms with Gasteiger partial charge in [-0.15, -0.1) is 0 Å². The molecule has 5 heteroatoms. The minimum atomic E-state index is -0.101. The second-order valence-electron chi connectivity index (χ2n) is 5.13. The molecule has 0 atom stereocenters. The molecule has 118 valence electrons. The smallest absolute Gasteiger partial charge is 0.270 e. The number of amides is 1. The van der Waals surface area contributed by atoms with Gasteiger partial charge in [0.2, 0.25) is 0 Å². The van der Waals surface area contributed by atoms with Gasteiger partial charge in [-0.05, 0) is 37.7 Å². The number of hydrogen-bond acceptors (Lipinski definition) is 4. The lowest BCUT2D eigenvalue weighted by atomic mass is 10.0. The lowest BCUT2D eigenvalue weighted by molar-refractivity contribution is 0.0944. The van der Waals surface area contributed by atoms with Crippen molar-refractivity contribution in [3.63, 3.8) is 0 Å². The van der Waals surface area contributed by atoms with Crippen LogP contribution in [0.5, 0.6) is 0 Å². The standard InChI is InChI=1S/C16H27N3OS/c1-5-9-17-13-8-10-18-14(11-13)15(20)19-12-16(6-2,7-3)21-4/h8,10-11H,5-7,9,12H2,1-4H3,(H,17,18)(H,19,20). The van der Waals surface area contributed by atoms with Gasteiger partial charge in [-0.25, -0.2) is 0 Å². The van der Waals surface area contributed by atoms with Gasteiger partial charge in [-0.3, -0.25) is 9.78 Å². The Morgan fingerprint density at radius 3 is 2.62 bits per heavy atom. The number of aromatic nitrogens is 1. The monoisotopic (exact) mass is 309 g/mol. The zero-order valence-corrected chi connectivity index (χ0v) is 14.3. The van der Waals surface area contributed by atoms with Crippen molar-refractivity contribution in [1.82, 2.24) is 10.3 Å². The zero-order valence-electron chi connectivity index (χ0n) is 13.5. The quantitative estimate of drug-likeness (QED) is 0.732. The summed E-state index contributed by atoms with van der Waals surface area (Å²) in [5.74, 6) is -0.101. The van der Waals surface area contributed by atoms with Gasteiger partial charge in [0.05, 0.1) is 0 Å². The molecule has 1 aromatic rings. The van der Waals surface area contributed by atoms with Gasteiger partial charge in [0.1, 0.15) is 5.69 Å². The summed E-state index contributed by atoms with van der Waals surface area (Å²) in [4.78, 5) is 16.4. The predicted molar refractivity (Wildman–Crippen MR) is 92.2 cm³/mol. The van der Waals surface area contributed by atoms with Crippen molar-refractivity contribution >= 4 is 23.4 Å². The van der Waals surface area contributed by atoms with E-state index in [0.717, 1.165) is 31.5 Å². The molecule has 1 aromatic heterocycles. The van der Waals surface area contributed by atoms with E-state index in [0.29, 0.717) is 12.2 Å². The fraction of sp³-hybridized carbons (Fsp3) is 0.625. The number of thioether (sulfide) groups is 1. The van der Waals surface area contributed by atoms with E-state index in [1.54, 1.807) is 6.20 Å². The molecule has 0 aliphatic carbocycles. The first-order valence-electron chi connectivity index (χ1n) is 7.64. The highest BCUT2D eigenvalue weighted by Gasteiger charge is 2.25. The van der Waals surface area contributed by atoms with Gasteiger partial charge in [0, 0.05) is 29.7 Å². The van der Waals surface area contributed by atoms with Crippen LogP contribution in [0.25, 0.3) is 0 Å². The van der Waals surface area contributed by atoms with Crippen molar-refractivity contribution in [3.8, 4) is 0 Å². The van der Waals surface area contributed by atoms with Gasteiger partial charge in [0.25, 0.3) is 5.91 Å². The molecule has 2 N–H and O–H groups in total. The van der Waals surface area contributed by atoms with E-state index >= 15 is 0 Å². The van der Waals surface area contributed by atoms with Crippen LogP contribution in [0.4, 0.5) is 5.69 Å². The molecule has 0 aromatic carbocycles. The average molecular weight is 309 g/mol. The minimum absolute atomic E-state index is 0.101.